The van der Waals surface area contributed by atoms with E-state index in [1.807, 2.05) is 0 Å². The van der Waals surface area contributed by atoms with Crippen LogP contribution in [-0.2, 0) is 0 Å². The molecule has 2 rings (SSSR count). The molecule has 1 N–H and O–H groups in total. The number of rotatable bonds is 4. The van der Waals surface area contributed by atoms with Crippen molar-refractivity contribution in [2.75, 3.05) is 6.54 Å². The summed E-state index contributed by atoms with van der Waals surface area (Å²) in [5, 5.41) is 3.36. The molecule has 1 aromatic carbocycles. The van der Waals surface area contributed by atoms with Crippen LogP contribution in [0.15, 0.2) is 12.1 Å². The molecule has 0 saturated heterocycles. The van der Waals surface area contributed by atoms with E-state index in [4.69, 9.17) is 0 Å². The van der Waals surface area contributed by atoms with Crippen LogP contribution in [0.25, 0.3) is 0 Å². The van der Waals surface area contributed by atoms with Gasteiger partial charge in [0.05, 0.1) is 0 Å². The number of hydrogen-bond donors (Lipinski definition) is 1. The van der Waals surface area contributed by atoms with Crippen LogP contribution in [0.5, 0.6) is 0 Å². The van der Waals surface area contributed by atoms with Gasteiger partial charge in [-0.25, -0.2) is 13.2 Å². The fraction of sp³-hybridized carbons (Fsp3) is 0.571. The number of hydrogen-bond acceptors (Lipinski definition) is 1. The fourth-order valence-corrected chi connectivity index (χ4v) is 2.73. The van der Waals surface area contributed by atoms with E-state index in [9.17, 15) is 13.2 Å². The Hall–Kier alpha value is -1.03. The van der Waals surface area contributed by atoms with Gasteiger partial charge < -0.3 is 5.32 Å². The largest absolute Gasteiger partial charge is 0.313 e. The molecule has 0 spiro atoms. The van der Waals surface area contributed by atoms with Crippen LogP contribution in [0.4, 0.5) is 13.2 Å². The molecule has 1 nitrogen and oxygen atoms in total. The van der Waals surface area contributed by atoms with Crippen molar-refractivity contribution in [3.63, 3.8) is 0 Å². The smallest absolute Gasteiger partial charge is 0.194 e. The minimum atomic E-state index is -1.35. The van der Waals surface area contributed by atoms with Crippen molar-refractivity contribution >= 4 is 0 Å². The molecule has 0 amide bonds. The first kappa shape index (κ1) is 13.4. The van der Waals surface area contributed by atoms with Gasteiger partial charge in [-0.05, 0) is 37.4 Å². The fourth-order valence-electron chi connectivity index (χ4n) is 2.73. The van der Waals surface area contributed by atoms with Crippen molar-refractivity contribution in [2.24, 2.45) is 0 Å². The molecule has 0 aromatic heterocycles. The summed E-state index contributed by atoms with van der Waals surface area (Å²) in [6.45, 7) is 2.93. The number of benzene rings is 1. The van der Waals surface area contributed by atoms with Crippen LogP contribution in [-0.4, -0.2) is 12.6 Å². The topological polar surface area (TPSA) is 12.0 Å². The molecule has 0 aliphatic heterocycles. The SMILES string of the molecule is CCCNC1CCCC1c1ccc(F)c(F)c1F. The predicted octanol–water partition coefficient (Wildman–Crippen LogP) is 3.74. The minimum Gasteiger partial charge on any atom is -0.313 e. The highest BCUT2D eigenvalue weighted by Crippen LogP contribution is 2.36. The third-order valence-corrected chi connectivity index (χ3v) is 3.64. The molecule has 2 atom stereocenters. The van der Waals surface area contributed by atoms with Gasteiger partial charge in [0.2, 0.25) is 0 Å². The van der Waals surface area contributed by atoms with Crippen LogP contribution in [0.3, 0.4) is 0 Å². The monoisotopic (exact) mass is 257 g/mol. The van der Waals surface area contributed by atoms with E-state index in [1.54, 1.807) is 0 Å². The summed E-state index contributed by atoms with van der Waals surface area (Å²) >= 11 is 0. The summed E-state index contributed by atoms with van der Waals surface area (Å²) in [5.74, 6) is -3.54. The normalized spacial score (nSPS) is 23.6. The highest BCUT2D eigenvalue weighted by Gasteiger charge is 2.31. The van der Waals surface area contributed by atoms with Crippen molar-refractivity contribution in [3.8, 4) is 0 Å². The average Bonchev–Trinajstić information content (AvgIpc) is 2.82. The van der Waals surface area contributed by atoms with Crippen LogP contribution in [0.1, 0.15) is 44.1 Å². The first-order chi connectivity index (χ1) is 8.65. The van der Waals surface area contributed by atoms with Crippen molar-refractivity contribution in [3.05, 3.63) is 35.1 Å². The molecule has 4 heteroatoms. The van der Waals surface area contributed by atoms with Gasteiger partial charge in [0.15, 0.2) is 17.5 Å². The lowest BCUT2D eigenvalue weighted by Gasteiger charge is -2.22. The Kier molecular flexibility index (Phi) is 4.27. The molecule has 0 heterocycles. The van der Waals surface area contributed by atoms with Gasteiger partial charge in [0.25, 0.3) is 0 Å². The van der Waals surface area contributed by atoms with E-state index in [0.717, 1.165) is 38.3 Å². The Morgan fingerprint density at radius 3 is 2.67 bits per heavy atom. The lowest BCUT2D eigenvalue weighted by molar-refractivity contribution is 0.419. The molecule has 0 radical (unpaired) electrons. The molecular formula is C14H18F3N. The molecule has 1 saturated carbocycles. The maximum atomic E-state index is 13.8. The second-order valence-corrected chi connectivity index (χ2v) is 4.86. The van der Waals surface area contributed by atoms with Gasteiger partial charge in [-0.2, -0.15) is 0 Å². The van der Waals surface area contributed by atoms with E-state index >= 15 is 0 Å². The van der Waals surface area contributed by atoms with Crippen LogP contribution >= 0.6 is 0 Å². The van der Waals surface area contributed by atoms with Crippen molar-refractivity contribution in [1.29, 1.82) is 0 Å². The Morgan fingerprint density at radius 2 is 1.94 bits per heavy atom. The molecule has 1 aromatic rings. The Bertz CT molecular complexity index is 420. The lowest BCUT2D eigenvalue weighted by Crippen LogP contribution is -2.32. The third-order valence-electron chi connectivity index (χ3n) is 3.64. The molecule has 2 unspecified atom stereocenters. The average molecular weight is 257 g/mol. The summed E-state index contributed by atoms with van der Waals surface area (Å²) in [4.78, 5) is 0. The van der Waals surface area contributed by atoms with E-state index in [2.05, 4.69) is 12.2 Å². The molecule has 0 bridgehead atoms. The number of halogens is 3. The molecule has 1 aliphatic carbocycles. The Morgan fingerprint density at radius 1 is 1.17 bits per heavy atom. The van der Waals surface area contributed by atoms with Gasteiger partial charge in [0.1, 0.15) is 0 Å². The molecule has 18 heavy (non-hydrogen) atoms. The second-order valence-electron chi connectivity index (χ2n) is 4.86. The maximum absolute atomic E-state index is 13.8. The van der Waals surface area contributed by atoms with Crippen molar-refractivity contribution < 1.29 is 13.2 Å². The van der Waals surface area contributed by atoms with Gasteiger partial charge >= 0.3 is 0 Å². The van der Waals surface area contributed by atoms with Crippen LogP contribution in [0.2, 0.25) is 0 Å². The van der Waals surface area contributed by atoms with Crippen molar-refractivity contribution in [1.82, 2.24) is 5.32 Å². The highest BCUT2D eigenvalue weighted by atomic mass is 19.2. The maximum Gasteiger partial charge on any atom is 0.194 e. The van der Waals surface area contributed by atoms with Crippen molar-refractivity contribution in [2.45, 2.75) is 44.6 Å². The summed E-state index contributed by atoms with van der Waals surface area (Å²) < 4.78 is 39.9. The summed E-state index contributed by atoms with van der Waals surface area (Å²) in [7, 11) is 0. The van der Waals surface area contributed by atoms with E-state index < -0.39 is 17.5 Å². The molecule has 1 aliphatic rings. The first-order valence-electron chi connectivity index (χ1n) is 6.52. The lowest BCUT2D eigenvalue weighted by atomic mass is 9.93. The third kappa shape index (κ3) is 2.53. The summed E-state index contributed by atoms with van der Waals surface area (Å²) in [6.07, 6.45) is 3.78. The Balaban J connectivity index is 2.22. The highest BCUT2D eigenvalue weighted by molar-refractivity contribution is 5.26. The quantitative estimate of drug-likeness (QED) is 0.810. The molecule has 100 valence electrons. The van der Waals surface area contributed by atoms with E-state index in [1.165, 1.54) is 6.07 Å². The van der Waals surface area contributed by atoms with Gasteiger partial charge in [-0.3, -0.25) is 0 Å². The van der Waals surface area contributed by atoms with Gasteiger partial charge in [-0.1, -0.05) is 19.4 Å². The molecular weight excluding hydrogens is 239 g/mol. The zero-order valence-corrected chi connectivity index (χ0v) is 10.5. The summed E-state index contributed by atoms with van der Waals surface area (Å²) in [5.41, 5.74) is 0.306. The van der Waals surface area contributed by atoms with E-state index in [0.29, 0.717) is 5.56 Å². The van der Waals surface area contributed by atoms with Gasteiger partial charge in [0, 0.05) is 12.0 Å². The Labute approximate surface area is 105 Å². The zero-order valence-electron chi connectivity index (χ0n) is 10.5. The molecule has 1 fully saturated rings. The van der Waals surface area contributed by atoms with Crippen LogP contribution in [0, 0.1) is 17.5 Å². The predicted molar refractivity (Wildman–Crippen MR) is 65.0 cm³/mol. The summed E-state index contributed by atoms with van der Waals surface area (Å²) in [6, 6.07) is 2.57. The second kappa shape index (κ2) is 5.74. The van der Waals surface area contributed by atoms with E-state index in [-0.39, 0.29) is 12.0 Å². The van der Waals surface area contributed by atoms with Gasteiger partial charge in [-0.15, -0.1) is 0 Å². The van der Waals surface area contributed by atoms with Crippen LogP contribution < -0.4 is 5.32 Å². The number of nitrogens with one attached hydrogen (secondary N) is 1. The zero-order chi connectivity index (χ0) is 13.1. The minimum absolute atomic E-state index is 0.0494. The first-order valence-corrected chi connectivity index (χ1v) is 6.52. The standard InChI is InChI=1S/C14H18F3N/c1-2-8-18-12-5-3-4-9(12)10-6-7-11(15)14(17)13(10)16/h6-7,9,12,18H,2-5,8H2,1H3.